The molecular formula is C27H38ClMgN9O3S2. The molecule has 0 spiro atoms. The maximum atomic E-state index is 12.7. The van der Waals surface area contributed by atoms with E-state index in [1.54, 1.807) is 51.7 Å². The molecule has 4 N–H and O–H groups in total. The van der Waals surface area contributed by atoms with Gasteiger partial charge < -0.3 is 29.6 Å². The third-order valence-electron chi connectivity index (χ3n) is 6.01. The van der Waals surface area contributed by atoms with E-state index in [2.05, 4.69) is 40.5 Å². The number of nitrogens with one attached hydrogen (secondary N) is 4. The summed E-state index contributed by atoms with van der Waals surface area (Å²) in [7, 11) is 4.96. The fourth-order valence-corrected chi connectivity index (χ4v) is 5.76. The molecule has 12 nitrogen and oxygen atoms in total. The minimum Gasteiger partial charge on any atom is -0.609 e. The maximum absolute atomic E-state index is 12.7. The molecule has 4 aromatic rings. The number of rotatable bonds is 10. The SMILES string of the molecule is CN/C(=N/C#N)NCCSCc1nc[nH]c1C.COc1ccc2[nH]c([S+]([O-])Cc3ncc(C)c(OC)c3C)nc2c1.Cl.[MgH2]. The Kier molecular flexibility index (Phi) is 17.2. The summed E-state index contributed by atoms with van der Waals surface area (Å²) in [6.07, 6.45) is 5.18. The topological polar surface area (TPSA) is 172 Å². The summed E-state index contributed by atoms with van der Waals surface area (Å²) < 4.78 is 23.3. The van der Waals surface area contributed by atoms with Crippen molar-refractivity contribution in [1.29, 1.82) is 5.26 Å². The number of aryl methyl sites for hydroxylation is 2. The number of pyridine rings is 1. The number of fused-ring (bicyclic) bond motifs is 1. The van der Waals surface area contributed by atoms with Gasteiger partial charge in [-0.3, -0.25) is 9.97 Å². The van der Waals surface area contributed by atoms with Crippen LogP contribution in [0.2, 0.25) is 0 Å². The molecule has 4 rings (SSSR count). The Balaban J connectivity index is 0.000000435. The molecule has 0 aliphatic carbocycles. The normalized spacial score (nSPS) is 11.3. The highest BCUT2D eigenvalue weighted by atomic mass is 35.5. The largest absolute Gasteiger partial charge is 0.609 e. The molecule has 230 valence electrons. The van der Waals surface area contributed by atoms with Gasteiger partial charge in [0.15, 0.2) is 5.75 Å². The Labute approximate surface area is 281 Å². The van der Waals surface area contributed by atoms with E-state index in [4.69, 9.17) is 14.7 Å². The quantitative estimate of drug-likeness (QED) is 0.0495. The first kappa shape index (κ1) is 38.2. The van der Waals surface area contributed by atoms with Crippen molar-refractivity contribution in [3.05, 3.63) is 58.9 Å². The van der Waals surface area contributed by atoms with Gasteiger partial charge in [-0.05, 0) is 32.9 Å². The lowest BCUT2D eigenvalue weighted by atomic mass is 10.1. The van der Waals surface area contributed by atoms with Crippen molar-refractivity contribution in [2.75, 3.05) is 33.6 Å². The van der Waals surface area contributed by atoms with Crippen molar-refractivity contribution in [2.24, 2.45) is 4.99 Å². The Morgan fingerprint density at radius 3 is 2.58 bits per heavy atom. The molecule has 0 saturated heterocycles. The van der Waals surface area contributed by atoms with E-state index in [1.165, 1.54) is 0 Å². The van der Waals surface area contributed by atoms with Crippen LogP contribution in [-0.4, -0.2) is 92.0 Å². The third kappa shape index (κ3) is 11.0. The van der Waals surface area contributed by atoms with Crippen LogP contribution in [0.1, 0.15) is 28.2 Å². The number of imidazole rings is 2. The highest BCUT2D eigenvalue weighted by molar-refractivity contribution is 7.98. The predicted octanol–water partition coefficient (Wildman–Crippen LogP) is 3.00. The van der Waals surface area contributed by atoms with Crippen LogP contribution >= 0.6 is 24.2 Å². The van der Waals surface area contributed by atoms with Gasteiger partial charge in [-0.15, -0.1) is 17.4 Å². The van der Waals surface area contributed by atoms with Gasteiger partial charge in [-0.2, -0.15) is 22.0 Å². The summed E-state index contributed by atoms with van der Waals surface area (Å²) in [4.78, 5) is 22.8. The van der Waals surface area contributed by atoms with Crippen molar-refractivity contribution in [2.45, 2.75) is 37.4 Å². The first-order valence-corrected chi connectivity index (χ1v) is 15.1. The number of hydrogen-bond acceptors (Lipinski definition) is 9. The van der Waals surface area contributed by atoms with Crippen LogP contribution in [0.4, 0.5) is 0 Å². The van der Waals surface area contributed by atoms with E-state index in [9.17, 15) is 4.55 Å². The van der Waals surface area contributed by atoms with Gasteiger partial charge in [0, 0.05) is 65.4 Å². The first-order chi connectivity index (χ1) is 19.8. The number of aliphatic imine (C=N–C) groups is 1. The lowest BCUT2D eigenvalue weighted by Gasteiger charge is -2.13. The van der Waals surface area contributed by atoms with Crippen LogP contribution in [0.15, 0.2) is 40.9 Å². The fraction of sp³-hybridized carbons (Fsp3) is 0.370. The fourth-order valence-electron chi connectivity index (χ4n) is 3.78. The number of benzene rings is 1. The zero-order valence-electron chi connectivity index (χ0n) is 24.4. The van der Waals surface area contributed by atoms with Crippen molar-refractivity contribution < 1.29 is 14.0 Å². The number of H-pyrrole nitrogens is 2. The number of nitrogens with zero attached hydrogens (tertiary/aromatic N) is 5. The summed E-state index contributed by atoms with van der Waals surface area (Å²) in [5.41, 5.74) is 6.37. The number of aromatic amines is 2. The lowest BCUT2D eigenvalue weighted by Crippen LogP contribution is -2.35. The lowest BCUT2D eigenvalue weighted by molar-refractivity contribution is 0.407. The van der Waals surface area contributed by atoms with E-state index in [1.807, 2.05) is 39.0 Å². The van der Waals surface area contributed by atoms with Crippen molar-refractivity contribution in [1.82, 2.24) is 35.6 Å². The van der Waals surface area contributed by atoms with Gasteiger partial charge in [-0.25, -0.2) is 4.98 Å². The monoisotopic (exact) mass is 659 g/mol. The van der Waals surface area contributed by atoms with Crippen molar-refractivity contribution in [3.63, 3.8) is 0 Å². The second-order valence-corrected chi connectivity index (χ2v) is 11.2. The van der Waals surface area contributed by atoms with E-state index in [0.717, 1.165) is 63.0 Å². The Hall–Kier alpha value is -2.87. The first-order valence-electron chi connectivity index (χ1n) is 12.7. The number of hydrogen-bond donors (Lipinski definition) is 4. The smallest absolute Gasteiger partial charge is 0.322 e. The number of nitriles is 1. The van der Waals surface area contributed by atoms with E-state index >= 15 is 0 Å². The van der Waals surface area contributed by atoms with Gasteiger partial charge >= 0.3 is 28.2 Å². The molecular weight excluding hydrogens is 622 g/mol. The molecule has 3 heterocycles. The Morgan fingerprint density at radius 1 is 1.19 bits per heavy atom. The molecule has 16 heteroatoms. The second kappa shape index (κ2) is 19.4. The molecule has 0 amide bonds. The molecule has 43 heavy (non-hydrogen) atoms. The summed E-state index contributed by atoms with van der Waals surface area (Å²) >= 11 is 0.457. The molecule has 0 bridgehead atoms. The highest BCUT2D eigenvalue weighted by Gasteiger charge is 2.21. The maximum Gasteiger partial charge on any atom is 0.322 e. The van der Waals surface area contributed by atoms with Crippen LogP contribution < -0.4 is 20.1 Å². The van der Waals surface area contributed by atoms with Crippen LogP contribution in [0, 0.1) is 32.2 Å². The minimum absolute atomic E-state index is 0. The van der Waals surface area contributed by atoms with E-state index < -0.39 is 11.2 Å². The van der Waals surface area contributed by atoms with Crippen LogP contribution in [0.3, 0.4) is 0 Å². The van der Waals surface area contributed by atoms with E-state index in [-0.39, 0.29) is 41.2 Å². The average molecular weight is 661 g/mol. The molecule has 0 aliphatic heterocycles. The summed E-state index contributed by atoms with van der Waals surface area (Å²) in [6.45, 7) is 6.64. The van der Waals surface area contributed by atoms with Crippen molar-refractivity contribution in [3.8, 4) is 17.7 Å². The zero-order valence-corrected chi connectivity index (χ0v) is 26.9. The molecule has 0 radical (unpaired) electrons. The summed E-state index contributed by atoms with van der Waals surface area (Å²) in [5.74, 6) is 4.10. The summed E-state index contributed by atoms with van der Waals surface area (Å²) in [6, 6.07) is 5.51. The zero-order chi connectivity index (χ0) is 29.8. The molecule has 3 aromatic heterocycles. The average Bonchev–Trinajstić information content (AvgIpc) is 3.59. The van der Waals surface area contributed by atoms with Gasteiger partial charge in [0.2, 0.25) is 12.2 Å². The summed E-state index contributed by atoms with van der Waals surface area (Å²) in [5, 5.41) is 14.7. The van der Waals surface area contributed by atoms with Crippen LogP contribution in [-0.2, 0) is 22.7 Å². The molecule has 1 aromatic carbocycles. The Morgan fingerprint density at radius 2 is 1.95 bits per heavy atom. The minimum atomic E-state index is -1.33. The van der Waals surface area contributed by atoms with Crippen molar-refractivity contribution >= 4 is 75.4 Å². The molecule has 0 fully saturated rings. The number of halogens is 1. The van der Waals surface area contributed by atoms with Crippen LogP contribution in [0.25, 0.3) is 11.0 Å². The van der Waals surface area contributed by atoms with Gasteiger partial charge in [0.1, 0.15) is 11.5 Å². The van der Waals surface area contributed by atoms with Gasteiger partial charge in [-0.1, -0.05) is 0 Å². The number of thioether (sulfide) groups is 1. The van der Waals surface area contributed by atoms with Crippen LogP contribution in [0.5, 0.6) is 11.5 Å². The number of aromatic nitrogens is 5. The number of methoxy groups -OCH3 is 2. The number of guanidine groups is 1. The molecule has 0 aliphatic rings. The second-order valence-electron chi connectivity index (χ2n) is 8.73. The third-order valence-corrected chi connectivity index (χ3v) is 8.14. The predicted molar refractivity (Wildman–Crippen MR) is 178 cm³/mol. The van der Waals surface area contributed by atoms with Gasteiger partial charge in [0.25, 0.3) is 0 Å². The molecule has 1 atom stereocenters. The van der Waals surface area contributed by atoms with Gasteiger partial charge in [0.05, 0.1) is 43.0 Å². The number of ether oxygens (including phenoxy) is 2. The molecule has 0 saturated carbocycles. The Bertz CT molecular complexity index is 1510. The van der Waals surface area contributed by atoms with E-state index in [0.29, 0.717) is 16.9 Å². The molecule has 1 unspecified atom stereocenters. The highest BCUT2D eigenvalue weighted by Crippen LogP contribution is 2.27. The standard InChI is InChI=1S/C17H19N3O3S.C10H16N6S.ClH.Mg.2H/c1-10-8-18-15(11(2)16(10)23-4)9-24(21)17-19-13-6-5-12(22-3)7-14(13)20-17;1-8-9(16-7-15-8)5-17-4-3-13-10(12-2)14-6-11;;;;/h5-8H,9H2,1-4H3,(H,19,20);7H,3-5H2,1-2H3,(H,15,16)(H2,12,13,14);1H;;;.